The van der Waals surface area contributed by atoms with Crippen LogP contribution < -0.4 is 4.90 Å². The molecule has 2 aliphatic rings. The van der Waals surface area contributed by atoms with Crippen LogP contribution in [0.2, 0.25) is 0 Å². The number of likely N-dealkylation sites (N-methyl/N-ethyl adjacent to an activating group) is 1. The zero-order valence-electron chi connectivity index (χ0n) is 17.7. The highest BCUT2D eigenvalue weighted by atomic mass is 19.1. The van der Waals surface area contributed by atoms with Crippen molar-refractivity contribution < 1.29 is 18.7 Å². The van der Waals surface area contributed by atoms with Crippen LogP contribution in [0.3, 0.4) is 0 Å². The summed E-state index contributed by atoms with van der Waals surface area (Å²) in [5.41, 5.74) is 4.27. The van der Waals surface area contributed by atoms with Crippen molar-refractivity contribution in [2.45, 2.75) is 18.5 Å². The molecule has 1 saturated heterocycles. The first-order valence-corrected chi connectivity index (χ1v) is 10.8. The minimum Gasteiger partial charge on any atom is -0.394 e. The van der Waals surface area contributed by atoms with Gasteiger partial charge in [-0.05, 0) is 71.6 Å². The van der Waals surface area contributed by atoms with Gasteiger partial charge in [-0.3, -0.25) is 4.79 Å². The summed E-state index contributed by atoms with van der Waals surface area (Å²) < 4.78 is 26.8. The lowest BCUT2D eigenvalue weighted by molar-refractivity contribution is 0.0694. The zero-order chi connectivity index (χ0) is 22.4. The minimum absolute atomic E-state index is 0.00456. The van der Waals surface area contributed by atoms with Crippen molar-refractivity contribution in [3.05, 3.63) is 89.5 Å². The average molecular weight is 434 g/mol. The normalized spacial score (nSPS) is 21.9. The van der Waals surface area contributed by atoms with E-state index in [9.17, 15) is 18.7 Å². The second-order valence-electron chi connectivity index (χ2n) is 8.54. The molecule has 0 unspecified atom stereocenters. The maximum Gasteiger partial charge on any atom is 0.254 e. The molecule has 2 aliphatic heterocycles. The maximum atomic E-state index is 13.4. The van der Waals surface area contributed by atoms with E-state index in [0.29, 0.717) is 12.1 Å². The molecule has 1 fully saturated rings. The van der Waals surface area contributed by atoms with E-state index in [1.54, 1.807) is 12.1 Å². The van der Waals surface area contributed by atoms with Gasteiger partial charge in [-0.15, -0.1) is 0 Å². The Morgan fingerprint density at radius 2 is 1.59 bits per heavy atom. The summed E-state index contributed by atoms with van der Waals surface area (Å²) in [6.45, 7) is 0.561. The number of carbonyl (C=O) groups excluding carboxylic acids is 1. The van der Waals surface area contributed by atoms with Crippen LogP contribution in [-0.4, -0.2) is 42.2 Å². The van der Waals surface area contributed by atoms with E-state index in [-0.39, 0.29) is 42.2 Å². The lowest BCUT2D eigenvalue weighted by Crippen LogP contribution is -2.48. The monoisotopic (exact) mass is 434 g/mol. The van der Waals surface area contributed by atoms with Crippen molar-refractivity contribution in [2.24, 2.45) is 5.92 Å². The summed E-state index contributed by atoms with van der Waals surface area (Å²) in [6, 6.07) is 17.7. The van der Waals surface area contributed by atoms with Crippen LogP contribution in [0.15, 0.2) is 66.7 Å². The van der Waals surface area contributed by atoms with E-state index in [1.165, 1.54) is 36.4 Å². The lowest BCUT2D eigenvalue weighted by Gasteiger charge is -2.44. The van der Waals surface area contributed by atoms with Crippen molar-refractivity contribution in [1.82, 2.24) is 4.90 Å². The molecule has 3 atom stereocenters. The number of fused-ring (bicyclic) bond motifs is 3. The van der Waals surface area contributed by atoms with Crippen molar-refractivity contribution >= 4 is 11.6 Å². The van der Waals surface area contributed by atoms with Gasteiger partial charge in [-0.25, -0.2) is 8.78 Å². The largest absolute Gasteiger partial charge is 0.394 e. The van der Waals surface area contributed by atoms with E-state index in [2.05, 4.69) is 11.0 Å². The molecule has 1 N–H and O–H groups in total. The molecule has 2 heterocycles. The van der Waals surface area contributed by atoms with E-state index in [1.807, 2.05) is 24.1 Å². The van der Waals surface area contributed by atoms with Gasteiger partial charge in [0.05, 0.1) is 18.7 Å². The fourth-order valence-corrected chi connectivity index (χ4v) is 5.26. The average Bonchev–Trinajstić information content (AvgIpc) is 3.25. The first-order valence-electron chi connectivity index (χ1n) is 10.8. The van der Waals surface area contributed by atoms with Gasteiger partial charge in [-0.1, -0.05) is 18.2 Å². The fourth-order valence-electron chi connectivity index (χ4n) is 5.26. The van der Waals surface area contributed by atoms with Crippen LogP contribution in [0.5, 0.6) is 0 Å². The number of aliphatic hydroxyl groups excluding tert-OH is 1. The Morgan fingerprint density at radius 1 is 0.969 bits per heavy atom. The number of hydrogen-bond donors (Lipinski definition) is 1. The predicted molar refractivity (Wildman–Crippen MR) is 119 cm³/mol. The summed E-state index contributed by atoms with van der Waals surface area (Å²) in [7, 11) is 1.97. The first kappa shape index (κ1) is 20.6. The fraction of sp³-hybridized carbons (Fsp3) is 0.269. The third kappa shape index (κ3) is 3.35. The van der Waals surface area contributed by atoms with Crippen molar-refractivity contribution in [3.8, 4) is 11.1 Å². The molecule has 164 valence electrons. The second-order valence-corrected chi connectivity index (χ2v) is 8.54. The number of likely N-dealkylation sites (tertiary alicyclic amines) is 1. The summed E-state index contributed by atoms with van der Waals surface area (Å²) >= 11 is 0. The third-order valence-electron chi connectivity index (χ3n) is 6.88. The molecule has 0 aromatic heterocycles. The van der Waals surface area contributed by atoms with E-state index >= 15 is 0 Å². The number of benzene rings is 3. The Kier molecular flexibility index (Phi) is 5.18. The predicted octanol–water partition coefficient (Wildman–Crippen LogP) is 4.65. The van der Waals surface area contributed by atoms with Gasteiger partial charge in [0.2, 0.25) is 0 Å². The molecule has 3 aromatic rings. The van der Waals surface area contributed by atoms with Crippen LogP contribution in [0.4, 0.5) is 14.5 Å². The van der Waals surface area contributed by atoms with E-state index in [0.717, 1.165) is 28.8 Å². The van der Waals surface area contributed by atoms with E-state index in [4.69, 9.17) is 0 Å². The summed E-state index contributed by atoms with van der Waals surface area (Å²) in [5.74, 6) is -0.735. The molecule has 0 saturated carbocycles. The Hall–Kier alpha value is -3.25. The molecule has 0 bridgehead atoms. The van der Waals surface area contributed by atoms with Gasteiger partial charge in [0.25, 0.3) is 5.91 Å². The lowest BCUT2D eigenvalue weighted by atomic mass is 9.81. The number of carbonyl (C=O) groups is 1. The Balaban J connectivity index is 1.59. The molecular weight excluding hydrogens is 410 g/mol. The van der Waals surface area contributed by atoms with Gasteiger partial charge >= 0.3 is 0 Å². The van der Waals surface area contributed by atoms with Gasteiger partial charge in [0.1, 0.15) is 11.6 Å². The molecule has 4 nitrogen and oxygen atoms in total. The highest BCUT2D eigenvalue weighted by Crippen LogP contribution is 2.49. The molecule has 32 heavy (non-hydrogen) atoms. The molecule has 5 rings (SSSR count). The maximum absolute atomic E-state index is 13.4. The number of nitrogens with zero attached hydrogens (tertiary/aromatic N) is 2. The van der Waals surface area contributed by atoms with Gasteiger partial charge < -0.3 is 14.9 Å². The SMILES string of the molecule is CN1c2ccc(-c3ccc(F)cc3)cc2[C@H]2[C@H](CCN2C(=O)c2ccc(F)cc2)[C@@H]1CO. The number of aliphatic hydroxyl groups is 1. The highest BCUT2D eigenvalue weighted by Gasteiger charge is 2.47. The van der Waals surface area contributed by atoms with Gasteiger partial charge in [0.15, 0.2) is 0 Å². The van der Waals surface area contributed by atoms with Crippen LogP contribution in [0.1, 0.15) is 28.4 Å². The van der Waals surface area contributed by atoms with Gasteiger partial charge in [-0.2, -0.15) is 0 Å². The topological polar surface area (TPSA) is 43.8 Å². The van der Waals surface area contributed by atoms with Crippen LogP contribution in [0.25, 0.3) is 11.1 Å². The summed E-state index contributed by atoms with van der Waals surface area (Å²) in [5, 5.41) is 10.1. The summed E-state index contributed by atoms with van der Waals surface area (Å²) in [4.78, 5) is 17.3. The molecule has 0 aliphatic carbocycles. The summed E-state index contributed by atoms with van der Waals surface area (Å²) in [6.07, 6.45) is 0.771. The minimum atomic E-state index is -0.380. The second kappa shape index (κ2) is 8.02. The molecule has 1 amide bonds. The number of anilines is 1. The van der Waals surface area contributed by atoms with Gasteiger partial charge in [0, 0.05) is 30.8 Å². The van der Waals surface area contributed by atoms with Crippen LogP contribution >= 0.6 is 0 Å². The first-order chi connectivity index (χ1) is 15.5. The smallest absolute Gasteiger partial charge is 0.254 e. The number of halogens is 2. The third-order valence-corrected chi connectivity index (χ3v) is 6.88. The Bertz CT molecular complexity index is 1150. The number of rotatable bonds is 3. The number of hydrogen-bond acceptors (Lipinski definition) is 3. The standard InChI is InChI=1S/C26H24F2N2O2/c1-29-23-11-6-18(16-2-7-19(27)8-3-16)14-22(23)25-21(24(29)15-31)12-13-30(25)26(32)17-4-9-20(28)10-5-17/h2-11,14,21,24-25,31H,12-13,15H2,1H3/t21-,24+,25-/m1/s1. The molecule has 0 radical (unpaired) electrons. The van der Waals surface area contributed by atoms with Crippen LogP contribution in [-0.2, 0) is 0 Å². The molecular formula is C26H24F2N2O2. The van der Waals surface area contributed by atoms with Crippen molar-refractivity contribution in [2.75, 3.05) is 25.1 Å². The Labute approximate surface area is 185 Å². The zero-order valence-corrected chi connectivity index (χ0v) is 17.7. The highest BCUT2D eigenvalue weighted by molar-refractivity contribution is 5.95. The molecule has 3 aromatic carbocycles. The van der Waals surface area contributed by atoms with E-state index < -0.39 is 0 Å². The Morgan fingerprint density at radius 3 is 2.25 bits per heavy atom. The van der Waals surface area contributed by atoms with Crippen molar-refractivity contribution in [3.63, 3.8) is 0 Å². The molecule has 6 heteroatoms. The molecule has 0 spiro atoms. The number of amides is 1. The quantitative estimate of drug-likeness (QED) is 0.653. The van der Waals surface area contributed by atoms with Crippen molar-refractivity contribution in [1.29, 1.82) is 0 Å². The van der Waals surface area contributed by atoms with Crippen LogP contribution in [0, 0.1) is 17.6 Å².